The van der Waals surface area contributed by atoms with Crippen molar-refractivity contribution in [3.05, 3.63) is 51.5 Å². The first-order valence-corrected chi connectivity index (χ1v) is 7.27. The van der Waals surface area contributed by atoms with Crippen LogP contribution in [-0.2, 0) is 25.9 Å². The number of hydrogen-bond donors (Lipinski definition) is 1. The van der Waals surface area contributed by atoms with Crippen LogP contribution in [0.1, 0.15) is 34.5 Å². The van der Waals surface area contributed by atoms with Gasteiger partial charge in [0.25, 0.3) is 0 Å². The SMILES string of the molecule is CCCc1nc(CCc2ccccc2)sc1CO. The van der Waals surface area contributed by atoms with Crippen LogP contribution in [0.25, 0.3) is 0 Å². The second-order valence-electron chi connectivity index (χ2n) is 4.37. The molecular formula is C15H19NOS. The van der Waals surface area contributed by atoms with Gasteiger partial charge >= 0.3 is 0 Å². The maximum Gasteiger partial charge on any atom is 0.0935 e. The molecule has 0 aliphatic rings. The van der Waals surface area contributed by atoms with Crippen molar-refractivity contribution >= 4 is 11.3 Å². The summed E-state index contributed by atoms with van der Waals surface area (Å²) in [6.07, 6.45) is 4.03. The van der Waals surface area contributed by atoms with E-state index in [9.17, 15) is 5.11 Å². The summed E-state index contributed by atoms with van der Waals surface area (Å²) in [7, 11) is 0. The molecule has 1 N–H and O–H groups in total. The molecule has 0 aliphatic heterocycles. The van der Waals surface area contributed by atoms with Gasteiger partial charge in [0.05, 0.1) is 22.2 Å². The summed E-state index contributed by atoms with van der Waals surface area (Å²) in [6.45, 7) is 2.27. The second kappa shape index (κ2) is 6.66. The van der Waals surface area contributed by atoms with E-state index in [0.717, 1.165) is 41.3 Å². The zero-order valence-electron chi connectivity index (χ0n) is 10.7. The number of benzene rings is 1. The van der Waals surface area contributed by atoms with Gasteiger partial charge in [0.1, 0.15) is 0 Å². The van der Waals surface area contributed by atoms with Gasteiger partial charge in [-0.25, -0.2) is 4.98 Å². The van der Waals surface area contributed by atoms with E-state index in [1.807, 2.05) is 6.07 Å². The van der Waals surface area contributed by atoms with Crippen molar-refractivity contribution in [3.8, 4) is 0 Å². The van der Waals surface area contributed by atoms with Crippen molar-refractivity contribution in [2.45, 2.75) is 39.2 Å². The Morgan fingerprint density at radius 1 is 1.11 bits per heavy atom. The molecule has 96 valence electrons. The van der Waals surface area contributed by atoms with Gasteiger partial charge < -0.3 is 5.11 Å². The molecule has 3 heteroatoms. The minimum Gasteiger partial charge on any atom is -0.391 e. The van der Waals surface area contributed by atoms with E-state index >= 15 is 0 Å². The molecule has 0 radical (unpaired) electrons. The lowest BCUT2D eigenvalue weighted by atomic mass is 10.1. The molecule has 0 atom stereocenters. The predicted molar refractivity (Wildman–Crippen MR) is 75.9 cm³/mol. The van der Waals surface area contributed by atoms with Gasteiger partial charge in [-0.3, -0.25) is 0 Å². The van der Waals surface area contributed by atoms with Crippen LogP contribution in [0.2, 0.25) is 0 Å². The van der Waals surface area contributed by atoms with Gasteiger partial charge in [-0.2, -0.15) is 0 Å². The van der Waals surface area contributed by atoms with Crippen molar-refractivity contribution in [1.82, 2.24) is 4.98 Å². The summed E-state index contributed by atoms with van der Waals surface area (Å²) in [6, 6.07) is 10.5. The molecule has 0 fully saturated rings. The molecule has 2 rings (SSSR count). The molecule has 0 aliphatic carbocycles. The van der Waals surface area contributed by atoms with Crippen LogP contribution in [0.3, 0.4) is 0 Å². The van der Waals surface area contributed by atoms with E-state index < -0.39 is 0 Å². The molecule has 0 spiro atoms. The monoisotopic (exact) mass is 261 g/mol. The van der Waals surface area contributed by atoms with E-state index in [-0.39, 0.29) is 6.61 Å². The molecule has 2 aromatic rings. The third-order valence-electron chi connectivity index (χ3n) is 2.92. The Hall–Kier alpha value is -1.19. The largest absolute Gasteiger partial charge is 0.391 e. The normalized spacial score (nSPS) is 10.8. The summed E-state index contributed by atoms with van der Waals surface area (Å²) >= 11 is 1.66. The average Bonchev–Trinajstić information content (AvgIpc) is 2.80. The van der Waals surface area contributed by atoms with Gasteiger partial charge in [0.15, 0.2) is 0 Å². The fourth-order valence-electron chi connectivity index (χ4n) is 2.00. The Morgan fingerprint density at radius 2 is 1.89 bits per heavy atom. The lowest BCUT2D eigenvalue weighted by Crippen LogP contribution is -1.92. The number of hydrogen-bond acceptors (Lipinski definition) is 3. The van der Waals surface area contributed by atoms with Crippen molar-refractivity contribution in [2.24, 2.45) is 0 Å². The number of aromatic nitrogens is 1. The molecule has 0 bridgehead atoms. The second-order valence-corrected chi connectivity index (χ2v) is 5.54. The Labute approximate surface area is 112 Å². The first kappa shape index (κ1) is 13.2. The molecule has 0 saturated carbocycles. The highest BCUT2D eigenvalue weighted by Crippen LogP contribution is 2.21. The van der Waals surface area contributed by atoms with E-state index in [4.69, 9.17) is 0 Å². The number of nitrogens with zero attached hydrogens (tertiary/aromatic N) is 1. The van der Waals surface area contributed by atoms with Crippen LogP contribution < -0.4 is 0 Å². The minimum absolute atomic E-state index is 0.123. The summed E-state index contributed by atoms with van der Waals surface area (Å²) in [5.74, 6) is 0. The fourth-order valence-corrected chi connectivity index (χ4v) is 2.97. The molecule has 0 unspecified atom stereocenters. The Bertz CT molecular complexity index is 478. The third-order valence-corrected chi connectivity index (χ3v) is 4.07. The smallest absolute Gasteiger partial charge is 0.0935 e. The number of aryl methyl sites for hydroxylation is 3. The van der Waals surface area contributed by atoms with E-state index in [0.29, 0.717) is 0 Å². The van der Waals surface area contributed by atoms with Gasteiger partial charge in [-0.15, -0.1) is 11.3 Å². The number of rotatable bonds is 6. The number of thiazole rings is 1. The van der Waals surface area contributed by atoms with Crippen molar-refractivity contribution in [2.75, 3.05) is 0 Å². The Balaban J connectivity index is 2.01. The summed E-state index contributed by atoms with van der Waals surface area (Å²) < 4.78 is 0. The summed E-state index contributed by atoms with van der Waals surface area (Å²) in [5, 5.41) is 10.5. The maximum atomic E-state index is 9.31. The predicted octanol–water partition coefficient (Wildman–Crippen LogP) is 3.37. The van der Waals surface area contributed by atoms with Crippen LogP contribution in [-0.4, -0.2) is 10.1 Å². The van der Waals surface area contributed by atoms with Crippen molar-refractivity contribution in [1.29, 1.82) is 0 Å². The molecule has 18 heavy (non-hydrogen) atoms. The van der Waals surface area contributed by atoms with Crippen molar-refractivity contribution < 1.29 is 5.11 Å². The first-order valence-electron chi connectivity index (χ1n) is 6.45. The highest BCUT2D eigenvalue weighted by atomic mass is 32.1. The van der Waals surface area contributed by atoms with Crippen LogP contribution in [0.5, 0.6) is 0 Å². The zero-order valence-corrected chi connectivity index (χ0v) is 11.5. The van der Waals surface area contributed by atoms with Crippen LogP contribution in [0.15, 0.2) is 30.3 Å². The van der Waals surface area contributed by atoms with Gasteiger partial charge in [-0.1, -0.05) is 43.7 Å². The third kappa shape index (κ3) is 3.40. The van der Waals surface area contributed by atoms with Crippen LogP contribution in [0.4, 0.5) is 0 Å². The lowest BCUT2D eigenvalue weighted by Gasteiger charge is -1.97. The molecule has 0 saturated heterocycles. The van der Waals surface area contributed by atoms with E-state index in [1.165, 1.54) is 5.56 Å². The van der Waals surface area contributed by atoms with E-state index in [1.54, 1.807) is 11.3 Å². The Kier molecular flexibility index (Phi) is 4.90. The topological polar surface area (TPSA) is 33.1 Å². The van der Waals surface area contributed by atoms with Crippen molar-refractivity contribution in [3.63, 3.8) is 0 Å². The summed E-state index contributed by atoms with van der Waals surface area (Å²) in [5.41, 5.74) is 2.43. The molecule has 1 aromatic carbocycles. The van der Waals surface area contributed by atoms with Gasteiger partial charge in [0, 0.05) is 6.42 Å². The molecule has 2 nitrogen and oxygen atoms in total. The first-order chi connectivity index (χ1) is 8.83. The van der Waals surface area contributed by atoms with Gasteiger partial charge in [0.2, 0.25) is 0 Å². The van der Waals surface area contributed by atoms with Gasteiger partial charge in [-0.05, 0) is 18.4 Å². The Morgan fingerprint density at radius 3 is 2.56 bits per heavy atom. The lowest BCUT2D eigenvalue weighted by molar-refractivity contribution is 0.284. The molecular weight excluding hydrogens is 242 g/mol. The molecule has 0 amide bonds. The quantitative estimate of drug-likeness (QED) is 0.865. The zero-order chi connectivity index (χ0) is 12.8. The average molecular weight is 261 g/mol. The standard InChI is InChI=1S/C15H19NOS/c1-2-6-13-14(11-17)18-15(16-13)10-9-12-7-4-3-5-8-12/h3-5,7-8,17H,2,6,9-11H2,1H3. The highest BCUT2D eigenvalue weighted by molar-refractivity contribution is 7.11. The summed E-state index contributed by atoms with van der Waals surface area (Å²) in [4.78, 5) is 5.69. The number of aliphatic hydroxyl groups is 1. The van der Waals surface area contributed by atoms with E-state index in [2.05, 4.69) is 36.2 Å². The molecule has 1 heterocycles. The maximum absolute atomic E-state index is 9.31. The van der Waals surface area contributed by atoms with Crippen LogP contribution >= 0.6 is 11.3 Å². The fraction of sp³-hybridized carbons (Fsp3) is 0.400. The molecule has 1 aromatic heterocycles. The van der Waals surface area contributed by atoms with Crippen LogP contribution in [0, 0.1) is 0 Å². The highest BCUT2D eigenvalue weighted by Gasteiger charge is 2.09. The minimum atomic E-state index is 0.123. The number of aliphatic hydroxyl groups excluding tert-OH is 1.